The SMILES string of the molecule is COC(=O)c1ccc(S(=O)(=O)NC(C)c2ccc3c(c2)NC(=O)CO3)c(Cl)c1. The van der Waals surface area contributed by atoms with Crippen LogP contribution in [0.25, 0.3) is 0 Å². The first-order valence-corrected chi connectivity index (χ1v) is 10.0. The molecule has 2 aromatic carbocycles. The molecule has 0 saturated heterocycles. The van der Waals surface area contributed by atoms with Gasteiger partial charge in [0.25, 0.3) is 5.91 Å². The van der Waals surface area contributed by atoms with E-state index in [0.29, 0.717) is 17.0 Å². The van der Waals surface area contributed by atoms with Gasteiger partial charge in [-0.25, -0.2) is 17.9 Å². The third-order valence-electron chi connectivity index (χ3n) is 4.11. The van der Waals surface area contributed by atoms with Gasteiger partial charge in [0.1, 0.15) is 10.6 Å². The Kier molecular flexibility index (Phi) is 5.59. The zero-order valence-corrected chi connectivity index (χ0v) is 16.6. The maximum atomic E-state index is 12.7. The Morgan fingerprint density at radius 1 is 1.29 bits per heavy atom. The summed E-state index contributed by atoms with van der Waals surface area (Å²) < 4.78 is 37.9. The highest BCUT2D eigenvalue weighted by Gasteiger charge is 2.24. The average Bonchev–Trinajstić information content (AvgIpc) is 2.65. The summed E-state index contributed by atoms with van der Waals surface area (Å²) in [4.78, 5) is 22.8. The maximum Gasteiger partial charge on any atom is 0.337 e. The van der Waals surface area contributed by atoms with E-state index in [1.165, 1.54) is 25.3 Å². The molecule has 0 fully saturated rings. The van der Waals surface area contributed by atoms with Crippen LogP contribution in [0.1, 0.15) is 28.9 Å². The summed E-state index contributed by atoms with van der Waals surface area (Å²) in [5.74, 6) is -0.388. The van der Waals surface area contributed by atoms with Gasteiger partial charge in [0.15, 0.2) is 6.61 Å². The number of methoxy groups -OCH3 is 1. The summed E-state index contributed by atoms with van der Waals surface area (Å²) in [5, 5.41) is 2.57. The van der Waals surface area contributed by atoms with Crippen LogP contribution in [0, 0.1) is 0 Å². The van der Waals surface area contributed by atoms with Crippen LogP contribution in [0.15, 0.2) is 41.3 Å². The van der Waals surface area contributed by atoms with Crippen molar-refractivity contribution in [3.8, 4) is 5.75 Å². The van der Waals surface area contributed by atoms with Crippen molar-refractivity contribution < 1.29 is 27.5 Å². The normalized spacial score (nSPS) is 14.5. The van der Waals surface area contributed by atoms with Gasteiger partial charge in [-0.3, -0.25) is 4.79 Å². The lowest BCUT2D eigenvalue weighted by Gasteiger charge is -2.21. The molecule has 1 unspecified atom stereocenters. The molecule has 28 heavy (non-hydrogen) atoms. The summed E-state index contributed by atoms with van der Waals surface area (Å²) in [6.07, 6.45) is 0. The van der Waals surface area contributed by atoms with Crippen molar-refractivity contribution in [2.75, 3.05) is 19.0 Å². The summed E-state index contributed by atoms with van der Waals surface area (Å²) in [5.41, 5.74) is 1.24. The third kappa shape index (κ3) is 4.11. The number of hydrogen-bond donors (Lipinski definition) is 2. The van der Waals surface area contributed by atoms with Crippen LogP contribution in [0.3, 0.4) is 0 Å². The van der Waals surface area contributed by atoms with E-state index >= 15 is 0 Å². The van der Waals surface area contributed by atoms with Gasteiger partial charge in [-0.15, -0.1) is 0 Å². The van der Waals surface area contributed by atoms with E-state index in [-0.39, 0.29) is 28.0 Å². The van der Waals surface area contributed by atoms with Crippen molar-refractivity contribution in [1.29, 1.82) is 0 Å². The van der Waals surface area contributed by atoms with E-state index in [2.05, 4.69) is 14.8 Å². The van der Waals surface area contributed by atoms with Crippen molar-refractivity contribution in [2.24, 2.45) is 0 Å². The molecule has 0 saturated carbocycles. The molecule has 3 rings (SSSR count). The van der Waals surface area contributed by atoms with E-state index < -0.39 is 22.0 Å². The highest BCUT2D eigenvalue weighted by atomic mass is 35.5. The lowest BCUT2D eigenvalue weighted by atomic mass is 10.1. The Balaban J connectivity index is 1.83. The molecular formula is C18H17ClN2O6S. The van der Waals surface area contributed by atoms with E-state index in [1.807, 2.05) is 0 Å². The first-order chi connectivity index (χ1) is 13.2. The minimum absolute atomic E-state index is 0.0609. The fourth-order valence-electron chi connectivity index (χ4n) is 2.70. The standard InChI is InChI=1S/C18H17ClN2O6S/c1-10(11-3-5-15-14(8-11)20-17(22)9-27-15)21-28(24,25)16-6-4-12(7-13(16)19)18(23)26-2/h3-8,10,21H,9H2,1-2H3,(H,20,22). The summed E-state index contributed by atoms with van der Waals surface area (Å²) in [6.45, 7) is 1.59. The largest absolute Gasteiger partial charge is 0.482 e. The maximum absolute atomic E-state index is 12.7. The smallest absolute Gasteiger partial charge is 0.337 e. The Hall–Kier alpha value is -2.62. The number of sulfonamides is 1. The van der Waals surface area contributed by atoms with Crippen LogP contribution in [-0.4, -0.2) is 34.0 Å². The van der Waals surface area contributed by atoms with Gasteiger partial charge in [0, 0.05) is 6.04 Å². The molecule has 0 radical (unpaired) electrons. The lowest BCUT2D eigenvalue weighted by Crippen LogP contribution is -2.28. The fourth-order valence-corrected chi connectivity index (χ4v) is 4.47. The number of halogens is 1. The van der Waals surface area contributed by atoms with Crippen LogP contribution >= 0.6 is 11.6 Å². The number of benzene rings is 2. The van der Waals surface area contributed by atoms with Gasteiger partial charge >= 0.3 is 5.97 Å². The molecule has 0 spiro atoms. The van der Waals surface area contributed by atoms with Gasteiger partial charge < -0.3 is 14.8 Å². The Bertz CT molecular complexity index is 1050. The Morgan fingerprint density at radius 2 is 2.04 bits per heavy atom. The minimum Gasteiger partial charge on any atom is -0.482 e. The number of esters is 1. The Morgan fingerprint density at radius 3 is 2.71 bits per heavy atom. The first kappa shape index (κ1) is 20.1. The molecule has 1 aliphatic heterocycles. The average molecular weight is 425 g/mol. The monoisotopic (exact) mass is 424 g/mol. The predicted octanol–water partition coefficient (Wildman–Crippen LogP) is 2.50. The van der Waals surface area contributed by atoms with Crippen molar-refractivity contribution in [2.45, 2.75) is 17.9 Å². The van der Waals surface area contributed by atoms with Crippen molar-refractivity contribution in [3.63, 3.8) is 0 Å². The minimum atomic E-state index is -3.97. The quantitative estimate of drug-likeness (QED) is 0.713. The lowest BCUT2D eigenvalue weighted by molar-refractivity contribution is -0.118. The topological polar surface area (TPSA) is 111 Å². The second-order valence-electron chi connectivity index (χ2n) is 6.07. The number of hydrogen-bond acceptors (Lipinski definition) is 6. The number of carbonyl (C=O) groups is 2. The van der Waals surface area contributed by atoms with E-state index in [0.717, 1.165) is 0 Å². The molecule has 1 aliphatic rings. The summed E-state index contributed by atoms with van der Waals surface area (Å²) >= 11 is 6.06. The van der Waals surface area contributed by atoms with E-state index in [9.17, 15) is 18.0 Å². The van der Waals surface area contributed by atoms with Gasteiger partial charge in [0.2, 0.25) is 10.0 Å². The fraction of sp³-hybridized carbons (Fsp3) is 0.222. The molecule has 0 aliphatic carbocycles. The molecule has 1 atom stereocenters. The summed E-state index contributed by atoms with van der Waals surface area (Å²) in [6, 6.07) is 8.18. The number of fused-ring (bicyclic) bond motifs is 1. The number of amides is 1. The van der Waals surface area contributed by atoms with Crippen LogP contribution in [0.5, 0.6) is 5.75 Å². The molecule has 1 heterocycles. The third-order valence-corrected chi connectivity index (χ3v) is 6.13. The zero-order chi connectivity index (χ0) is 20.5. The van der Waals surface area contributed by atoms with Crippen molar-refractivity contribution >= 4 is 39.2 Å². The molecule has 0 bridgehead atoms. The van der Waals surface area contributed by atoms with Crippen molar-refractivity contribution in [1.82, 2.24) is 4.72 Å². The van der Waals surface area contributed by atoms with Gasteiger partial charge in [-0.05, 0) is 42.8 Å². The van der Waals surface area contributed by atoms with Crippen molar-refractivity contribution in [3.05, 3.63) is 52.5 Å². The van der Waals surface area contributed by atoms with E-state index in [4.69, 9.17) is 16.3 Å². The zero-order valence-electron chi connectivity index (χ0n) is 15.0. The van der Waals surface area contributed by atoms with Gasteiger partial charge in [-0.1, -0.05) is 17.7 Å². The van der Waals surface area contributed by atoms with Crippen LogP contribution in [0.2, 0.25) is 5.02 Å². The number of anilines is 1. The van der Waals surface area contributed by atoms with E-state index in [1.54, 1.807) is 25.1 Å². The second-order valence-corrected chi connectivity index (χ2v) is 8.16. The molecule has 148 valence electrons. The predicted molar refractivity (Wildman–Crippen MR) is 102 cm³/mol. The second kappa shape index (κ2) is 7.78. The van der Waals surface area contributed by atoms with Gasteiger partial charge in [-0.2, -0.15) is 0 Å². The molecule has 8 nitrogen and oxygen atoms in total. The molecular weight excluding hydrogens is 408 g/mol. The van der Waals surface area contributed by atoms with Crippen LogP contribution < -0.4 is 14.8 Å². The number of nitrogens with one attached hydrogen (secondary N) is 2. The van der Waals surface area contributed by atoms with Gasteiger partial charge in [0.05, 0.1) is 23.4 Å². The molecule has 0 aromatic heterocycles. The molecule has 1 amide bonds. The molecule has 2 N–H and O–H groups in total. The summed E-state index contributed by atoms with van der Waals surface area (Å²) in [7, 11) is -2.75. The molecule has 10 heteroatoms. The van der Waals surface area contributed by atoms with Crippen LogP contribution in [-0.2, 0) is 19.6 Å². The van der Waals surface area contributed by atoms with Crippen LogP contribution in [0.4, 0.5) is 5.69 Å². The highest BCUT2D eigenvalue weighted by Crippen LogP contribution is 2.31. The number of carbonyl (C=O) groups excluding carboxylic acids is 2. The number of rotatable bonds is 5. The first-order valence-electron chi connectivity index (χ1n) is 8.18. The Labute approximate surface area is 166 Å². The molecule has 2 aromatic rings. The number of ether oxygens (including phenoxy) is 2. The highest BCUT2D eigenvalue weighted by molar-refractivity contribution is 7.89.